The van der Waals surface area contributed by atoms with Crippen LogP contribution >= 0.6 is 59.1 Å². The van der Waals surface area contributed by atoms with E-state index in [4.69, 9.17) is 11.6 Å². The van der Waals surface area contributed by atoms with Gasteiger partial charge in [0.15, 0.2) is 0 Å². The van der Waals surface area contributed by atoms with E-state index in [0.717, 1.165) is 46.0 Å². The number of carbonyl (C=O) groups is 1. The minimum Gasteiger partial charge on any atom is -0.342 e. The molecule has 0 saturated carbocycles. The molecule has 4 nitrogen and oxygen atoms in total. The Kier molecular flexibility index (Phi) is 8.98. The summed E-state index contributed by atoms with van der Waals surface area (Å²) >= 11 is 9.04. The Labute approximate surface area is 167 Å². The van der Waals surface area contributed by atoms with E-state index in [-0.39, 0.29) is 30.7 Å². The van der Waals surface area contributed by atoms with Crippen molar-refractivity contribution in [1.29, 1.82) is 0 Å². The van der Waals surface area contributed by atoms with Gasteiger partial charge in [-0.1, -0.05) is 11.6 Å². The monoisotopic (exact) mass is 427 g/mol. The van der Waals surface area contributed by atoms with Crippen molar-refractivity contribution in [3.05, 3.63) is 27.5 Å². The second-order valence-corrected chi connectivity index (χ2v) is 8.05. The van der Waals surface area contributed by atoms with Crippen molar-refractivity contribution in [2.24, 2.45) is 5.92 Å². The number of rotatable bonds is 5. The number of likely N-dealkylation sites (tertiary alicyclic amines) is 1. The largest absolute Gasteiger partial charge is 0.342 e. The second kappa shape index (κ2) is 9.94. The van der Waals surface area contributed by atoms with Crippen LogP contribution in [0.25, 0.3) is 9.88 Å². The fraction of sp³-hybridized carbons (Fsp3) is 0.467. The van der Waals surface area contributed by atoms with Crippen molar-refractivity contribution in [2.45, 2.75) is 12.8 Å². The van der Waals surface area contributed by atoms with Crippen molar-refractivity contribution >= 4 is 65.0 Å². The Morgan fingerprint density at radius 1 is 1.46 bits per heavy atom. The van der Waals surface area contributed by atoms with Gasteiger partial charge in [-0.2, -0.15) is 0 Å². The highest BCUT2D eigenvalue weighted by Crippen LogP contribution is 2.33. The summed E-state index contributed by atoms with van der Waals surface area (Å²) in [6, 6.07) is 3.85. The molecule has 3 heterocycles. The molecule has 1 N–H and O–H groups in total. The smallest absolute Gasteiger partial charge is 0.228 e. The van der Waals surface area contributed by atoms with Crippen molar-refractivity contribution in [3.8, 4) is 9.88 Å². The van der Waals surface area contributed by atoms with E-state index in [2.05, 4.69) is 10.3 Å². The first-order valence-corrected chi connectivity index (χ1v) is 9.35. The third kappa shape index (κ3) is 5.31. The van der Waals surface area contributed by atoms with E-state index in [1.54, 1.807) is 11.3 Å². The number of nitrogens with one attached hydrogen (secondary N) is 1. The number of thiophene rings is 1. The quantitative estimate of drug-likeness (QED) is 0.783. The number of hydrogen-bond acceptors (Lipinski definition) is 5. The lowest BCUT2D eigenvalue weighted by atomic mass is 10.1. The summed E-state index contributed by atoms with van der Waals surface area (Å²) in [5.41, 5.74) is 0.853. The van der Waals surface area contributed by atoms with Gasteiger partial charge in [-0.3, -0.25) is 4.79 Å². The fourth-order valence-electron chi connectivity index (χ4n) is 2.71. The molecule has 1 amide bonds. The van der Waals surface area contributed by atoms with Gasteiger partial charge in [0.2, 0.25) is 5.91 Å². The van der Waals surface area contributed by atoms with Crippen LogP contribution < -0.4 is 5.32 Å². The number of amides is 1. The lowest BCUT2D eigenvalue weighted by molar-refractivity contribution is -0.129. The number of thiazole rings is 1. The van der Waals surface area contributed by atoms with E-state index in [9.17, 15) is 4.79 Å². The number of hydrogen-bond donors (Lipinski definition) is 1. The average Bonchev–Trinajstić information content (AvgIpc) is 3.19. The molecule has 2 aromatic heterocycles. The zero-order valence-electron chi connectivity index (χ0n) is 13.2. The third-order valence-electron chi connectivity index (χ3n) is 3.80. The lowest BCUT2D eigenvalue weighted by Gasteiger charge is -2.15. The van der Waals surface area contributed by atoms with E-state index < -0.39 is 0 Å². The van der Waals surface area contributed by atoms with Gasteiger partial charge in [0.25, 0.3) is 0 Å². The molecule has 1 aliphatic heterocycles. The summed E-state index contributed by atoms with van der Waals surface area (Å²) in [7, 11) is 1.96. The molecule has 1 saturated heterocycles. The summed E-state index contributed by atoms with van der Waals surface area (Å²) in [6.45, 7) is 2.70. The van der Waals surface area contributed by atoms with Gasteiger partial charge < -0.3 is 10.2 Å². The van der Waals surface area contributed by atoms with E-state index in [0.29, 0.717) is 12.3 Å². The molecular weight excluding hydrogens is 409 g/mol. The molecule has 2 aromatic rings. The third-order valence-corrected chi connectivity index (χ3v) is 6.09. The summed E-state index contributed by atoms with van der Waals surface area (Å²) in [6.07, 6.45) is 1.48. The van der Waals surface area contributed by atoms with E-state index in [1.165, 1.54) is 11.3 Å². The molecule has 0 aromatic carbocycles. The molecule has 1 fully saturated rings. The number of nitrogens with zero attached hydrogens (tertiary/aromatic N) is 2. The van der Waals surface area contributed by atoms with Gasteiger partial charge in [-0.05, 0) is 38.1 Å². The molecular formula is C15H20Cl3N3OS2. The van der Waals surface area contributed by atoms with Crippen molar-refractivity contribution in [1.82, 2.24) is 15.2 Å². The highest BCUT2D eigenvalue weighted by Gasteiger charge is 2.26. The zero-order chi connectivity index (χ0) is 15.5. The van der Waals surface area contributed by atoms with Crippen molar-refractivity contribution in [2.75, 3.05) is 26.7 Å². The molecule has 134 valence electrons. The Morgan fingerprint density at radius 3 is 2.92 bits per heavy atom. The maximum Gasteiger partial charge on any atom is 0.228 e. The van der Waals surface area contributed by atoms with Crippen LogP contribution in [0.1, 0.15) is 12.1 Å². The molecule has 0 bridgehead atoms. The lowest BCUT2D eigenvalue weighted by Crippen LogP contribution is -2.31. The van der Waals surface area contributed by atoms with Gasteiger partial charge in [-0.25, -0.2) is 4.98 Å². The SMILES string of the molecule is CNCC1CCN(C(=O)Cc2csc(-c3ccc(Cl)s3)n2)C1.Cl.Cl. The zero-order valence-corrected chi connectivity index (χ0v) is 17.2. The maximum absolute atomic E-state index is 12.4. The predicted octanol–water partition coefficient (Wildman–Crippen LogP) is 3.98. The van der Waals surface area contributed by atoms with Crippen LogP contribution in [-0.2, 0) is 11.2 Å². The minimum absolute atomic E-state index is 0. The average molecular weight is 429 g/mol. The number of aromatic nitrogens is 1. The van der Waals surface area contributed by atoms with Crippen LogP contribution in [0.15, 0.2) is 17.5 Å². The first kappa shape index (κ1) is 21.7. The molecule has 1 atom stereocenters. The van der Waals surface area contributed by atoms with Crippen LogP contribution in [-0.4, -0.2) is 42.5 Å². The molecule has 3 rings (SSSR count). The van der Waals surface area contributed by atoms with Crippen LogP contribution in [0, 0.1) is 5.92 Å². The molecule has 0 aliphatic carbocycles. The van der Waals surface area contributed by atoms with Crippen LogP contribution in [0.4, 0.5) is 0 Å². The molecule has 0 spiro atoms. The normalized spacial score (nSPS) is 16.6. The first-order valence-electron chi connectivity index (χ1n) is 7.28. The summed E-state index contributed by atoms with van der Waals surface area (Å²) < 4.78 is 0.760. The standard InChI is InChI=1S/C15H18ClN3OS2.2ClH/c1-17-7-10-4-5-19(8-10)14(20)6-11-9-21-15(18-11)12-2-3-13(16)22-12;;/h2-3,9-10,17H,4-8H2,1H3;2*1H. The Balaban J connectivity index is 0.00000144. The molecule has 1 aliphatic rings. The summed E-state index contributed by atoms with van der Waals surface area (Å²) in [4.78, 5) is 20.0. The van der Waals surface area contributed by atoms with Gasteiger partial charge in [0.05, 0.1) is 21.3 Å². The van der Waals surface area contributed by atoms with Crippen LogP contribution in [0.3, 0.4) is 0 Å². The highest BCUT2D eigenvalue weighted by atomic mass is 35.5. The Hall–Kier alpha value is -0.370. The molecule has 9 heteroatoms. The summed E-state index contributed by atoms with van der Waals surface area (Å²) in [5, 5.41) is 6.10. The minimum atomic E-state index is 0. The Morgan fingerprint density at radius 2 is 2.25 bits per heavy atom. The summed E-state index contributed by atoms with van der Waals surface area (Å²) in [5.74, 6) is 0.757. The first-order chi connectivity index (χ1) is 10.7. The Bertz CT molecular complexity index is 662. The second-order valence-electron chi connectivity index (χ2n) is 5.48. The number of carbonyl (C=O) groups excluding carboxylic acids is 1. The van der Waals surface area contributed by atoms with Gasteiger partial charge in [-0.15, -0.1) is 47.5 Å². The molecule has 0 radical (unpaired) electrons. The fourth-order valence-corrected chi connectivity index (χ4v) is 4.65. The van der Waals surface area contributed by atoms with Crippen LogP contribution in [0.2, 0.25) is 4.34 Å². The highest BCUT2D eigenvalue weighted by molar-refractivity contribution is 7.23. The molecule has 1 unspecified atom stereocenters. The van der Waals surface area contributed by atoms with Crippen LogP contribution in [0.5, 0.6) is 0 Å². The van der Waals surface area contributed by atoms with Gasteiger partial charge in [0.1, 0.15) is 5.01 Å². The van der Waals surface area contributed by atoms with Gasteiger partial charge in [0, 0.05) is 18.5 Å². The van der Waals surface area contributed by atoms with E-state index >= 15 is 0 Å². The van der Waals surface area contributed by atoms with E-state index in [1.807, 2.05) is 29.5 Å². The predicted molar refractivity (Wildman–Crippen MR) is 107 cm³/mol. The van der Waals surface area contributed by atoms with Gasteiger partial charge >= 0.3 is 0 Å². The maximum atomic E-state index is 12.4. The van der Waals surface area contributed by atoms with Crippen molar-refractivity contribution < 1.29 is 4.79 Å². The molecule has 24 heavy (non-hydrogen) atoms. The van der Waals surface area contributed by atoms with Crippen molar-refractivity contribution in [3.63, 3.8) is 0 Å². The number of halogens is 3. The topological polar surface area (TPSA) is 45.2 Å².